The second-order valence-electron chi connectivity index (χ2n) is 8.04. The van der Waals surface area contributed by atoms with Crippen LogP contribution in [0, 0.1) is 29.6 Å². The number of hydrogen-bond donors (Lipinski definition) is 0. The number of benzene rings is 2. The summed E-state index contributed by atoms with van der Waals surface area (Å²) >= 11 is 0. The van der Waals surface area contributed by atoms with Gasteiger partial charge in [-0.3, -0.25) is 0 Å². The topological polar surface area (TPSA) is 0 Å². The molecule has 0 aromatic heterocycles. The van der Waals surface area contributed by atoms with Crippen molar-refractivity contribution in [3.63, 3.8) is 0 Å². The van der Waals surface area contributed by atoms with Crippen LogP contribution in [0.15, 0.2) is 48.5 Å². The summed E-state index contributed by atoms with van der Waals surface area (Å²) in [4.78, 5) is 0. The molecule has 144 valence electrons. The molecular formula is C28H32. The Morgan fingerprint density at radius 3 is 1.79 bits per heavy atom. The van der Waals surface area contributed by atoms with Gasteiger partial charge in [0.1, 0.15) is 0 Å². The second-order valence-corrected chi connectivity index (χ2v) is 8.04. The molecule has 28 heavy (non-hydrogen) atoms. The van der Waals surface area contributed by atoms with Gasteiger partial charge in [0.15, 0.2) is 0 Å². The highest BCUT2D eigenvalue weighted by Gasteiger charge is 2.21. The molecule has 0 atom stereocenters. The summed E-state index contributed by atoms with van der Waals surface area (Å²) in [6, 6.07) is 17.1. The van der Waals surface area contributed by atoms with E-state index in [1.165, 1.54) is 56.9 Å². The van der Waals surface area contributed by atoms with Crippen molar-refractivity contribution in [3.8, 4) is 23.7 Å². The summed E-state index contributed by atoms with van der Waals surface area (Å²) < 4.78 is 0. The Hall–Kier alpha value is -2.44. The van der Waals surface area contributed by atoms with Crippen LogP contribution in [0.25, 0.3) is 0 Å². The van der Waals surface area contributed by atoms with Crippen molar-refractivity contribution >= 4 is 0 Å². The van der Waals surface area contributed by atoms with Gasteiger partial charge in [-0.05, 0) is 86.4 Å². The molecule has 0 unspecified atom stereocenters. The fourth-order valence-corrected chi connectivity index (χ4v) is 4.23. The molecule has 2 aromatic carbocycles. The lowest BCUT2D eigenvalue weighted by Crippen LogP contribution is -2.13. The fraction of sp³-hybridized carbons (Fsp3) is 0.429. The highest BCUT2D eigenvalue weighted by molar-refractivity contribution is 5.46. The first-order valence-electron chi connectivity index (χ1n) is 10.9. The van der Waals surface area contributed by atoms with E-state index in [0.717, 1.165) is 28.5 Å². The van der Waals surface area contributed by atoms with E-state index in [1.54, 1.807) is 0 Å². The van der Waals surface area contributed by atoms with Crippen LogP contribution in [0.3, 0.4) is 0 Å². The number of rotatable bonds is 5. The van der Waals surface area contributed by atoms with E-state index in [2.05, 4.69) is 54.9 Å². The van der Waals surface area contributed by atoms with E-state index in [-0.39, 0.29) is 0 Å². The van der Waals surface area contributed by atoms with Gasteiger partial charge in [0.2, 0.25) is 0 Å². The van der Waals surface area contributed by atoms with Crippen molar-refractivity contribution in [3.05, 3.63) is 70.8 Å². The van der Waals surface area contributed by atoms with Crippen molar-refractivity contribution in [2.75, 3.05) is 0 Å². The van der Waals surface area contributed by atoms with Crippen molar-refractivity contribution in [2.24, 2.45) is 5.92 Å². The van der Waals surface area contributed by atoms with E-state index in [0.29, 0.717) is 0 Å². The summed E-state index contributed by atoms with van der Waals surface area (Å²) in [6.07, 6.45) is 11.1. The summed E-state index contributed by atoms with van der Waals surface area (Å²) in [5.41, 5.74) is 4.67. The lowest BCUT2D eigenvalue weighted by atomic mass is 9.77. The number of hydrogen-bond acceptors (Lipinski definition) is 0. The molecule has 0 aliphatic heterocycles. The Balaban J connectivity index is 1.53. The molecule has 0 nitrogen and oxygen atoms in total. The molecule has 0 radical (unpaired) electrons. The molecule has 1 saturated carbocycles. The Labute approximate surface area is 171 Å². The van der Waals surface area contributed by atoms with Gasteiger partial charge in [-0.1, -0.05) is 62.5 Å². The van der Waals surface area contributed by atoms with Crippen LogP contribution in [0.1, 0.15) is 93.4 Å². The summed E-state index contributed by atoms with van der Waals surface area (Å²) in [5, 5.41) is 0. The van der Waals surface area contributed by atoms with Crippen molar-refractivity contribution in [2.45, 2.75) is 71.1 Å². The highest BCUT2D eigenvalue weighted by atomic mass is 14.3. The Morgan fingerprint density at radius 1 is 0.714 bits per heavy atom. The molecule has 1 fully saturated rings. The van der Waals surface area contributed by atoms with Gasteiger partial charge in [0.05, 0.1) is 0 Å². The zero-order valence-corrected chi connectivity index (χ0v) is 17.4. The van der Waals surface area contributed by atoms with Crippen molar-refractivity contribution < 1.29 is 0 Å². The zero-order chi connectivity index (χ0) is 19.6. The molecule has 1 aliphatic rings. The lowest BCUT2D eigenvalue weighted by molar-refractivity contribution is 0.303. The molecule has 0 spiro atoms. The Bertz CT molecular complexity index is 839. The zero-order valence-electron chi connectivity index (χ0n) is 17.4. The normalized spacial score (nSPS) is 18.5. The third-order valence-electron chi connectivity index (χ3n) is 5.95. The third kappa shape index (κ3) is 6.04. The quantitative estimate of drug-likeness (QED) is 0.383. The van der Waals surface area contributed by atoms with Crippen molar-refractivity contribution in [1.29, 1.82) is 0 Å². The van der Waals surface area contributed by atoms with Crippen molar-refractivity contribution in [1.82, 2.24) is 0 Å². The van der Waals surface area contributed by atoms with Crippen LogP contribution in [0.2, 0.25) is 0 Å². The third-order valence-corrected chi connectivity index (χ3v) is 5.95. The Morgan fingerprint density at radius 2 is 1.25 bits per heavy atom. The first kappa shape index (κ1) is 20.3. The maximum atomic E-state index is 3.29. The van der Waals surface area contributed by atoms with E-state index >= 15 is 0 Å². The average Bonchev–Trinajstić information content (AvgIpc) is 2.75. The smallest absolute Gasteiger partial charge is 0.0249 e. The largest absolute Gasteiger partial charge is 0.101 e. The van der Waals surface area contributed by atoms with Gasteiger partial charge in [0.25, 0.3) is 0 Å². The van der Waals surface area contributed by atoms with E-state index in [4.69, 9.17) is 0 Å². The molecule has 0 N–H and O–H groups in total. The summed E-state index contributed by atoms with van der Waals surface area (Å²) in [6.45, 7) is 4.15. The molecule has 0 amide bonds. The molecule has 3 rings (SSSR count). The predicted molar refractivity (Wildman–Crippen MR) is 120 cm³/mol. The monoisotopic (exact) mass is 368 g/mol. The van der Waals surface area contributed by atoms with Crippen LogP contribution >= 0.6 is 0 Å². The Kier molecular flexibility index (Phi) is 7.82. The minimum atomic E-state index is 0.747. The van der Waals surface area contributed by atoms with E-state index < -0.39 is 0 Å². The van der Waals surface area contributed by atoms with Gasteiger partial charge >= 0.3 is 0 Å². The van der Waals surface area contributed by atoms with E-state index in [9.17, 15) is 0 Å². The standard InChI is InChI=1S/C28H32/c1-3-5-6-8-24-15-19-27(20-16-24)28-21-17-26(18-22-28)14-13-25-11-9-23(7-4-2)10-12-25/h9-12,17-18,21-22,24,27H,3,5-6,8,15-16,19-20H2,1-2H3. The van der Waals surface area contributed by atoms with E-state index in [1.807, 2.05) is 31.2 Å². The summed E-state index contributed by atoms with van der Waals surface area (Å²) in [5.74, 6) is 14.3. The molecule has 0 bridgehead atoms. The molecule has 2 aromatic rings. The lowest BCUT2D eigenvalue weighted by Gasteiger charge is -2.29. The van der Waals surface area contributed by atoms with Gasteiger partial charge in [-0.2, -0.15) is 0 Å². The molecule has 0 saturated heterocycles. The van der Waals surface area contributed by atoms with Crippen LogP contribution in [-0.2, 0) is 0 Å². The van der Waals surface area contributed by atoms with Crippen LogP contribution in [0.5, 0.6) is 0 Å². The number of unbranched alkanes of at least 4 members (excludes halogenated alkanes) is 2. The first-order valence-corrected chi connectivity index (χ1v) is 10.9. The SMILES string of the molecule is CC#Cc1ccc(C#Cc2ccc(C3CCC(CCCCC)CC3)cc2)cc1. The van der Waals surface area contributed by atoms with Gasteiger partial charge in [-0.15, -0.1) is 5.92 Å². The predicted octanol–water partition coefficient (Wildman–Crippen LogP) is 7.31. The molecular weight excluding hydrogens is 336 g/mol. The minimum Gasteiger partial charge on any atom is -0.101 e. The van der Waals surface area contributed by atoms with Crippen LogP contribution in [0.4, 0.5) is 0 Å². The molecule has 0 heteroatoms. The highest BCUT2D eigenvalue weighted by Crippen LogP contribution is 2.37. The van der Waals surface area contributed by atoms with Crippen LogP contribution < -0.4 is 0 Å². The molecule has 0 heterocycles. The van der Waals surface area contributed by atoms with Gasteiger partial charge < -0.3 is 0 Å². The maximum absolute atomic E-state index is 3.29. The summed E-state index contributed by atoms with van der Waals surface area (Å²) in [7, 11) is 0. The first-order chi connectivity index (χ1) is 13.8. The van der Waals surface area contributed by atoms with Crippen LogP contribution in [-0.4, -0.2) is 0 Å². The van der Waals surface area contributed by atoms with Gasteiger partial charge in [-0.25, -0.2) is 0 Å². The maximum Gasteiger partial charge on any atom is 0.0249 e. The fourth-order valence-electron chi connectivity index (χ4n) is 4.23. The van der Waals surface area contributed by atoms with Gasteiger partial charge in [0, 0.05) is 16.7 Å². The minimum absolute atomic E-state index is 0.747. The average molecular weight is 369 g/mol. The second kappa shape index (κ2) is 10.8. The molecule has 1 aliphatic carbocycles.